The van der Waals surface area contributed by atoms with Crippen LogP contribution in [0.15, 0.2) is 24.8 Å². The zero-order valence-electron chi connectivity index (χ0n) is 16.1. The van der Waals surface area contributed by atoms with Crippen molar-refractivity contribution in [1.29, 1.82) is 0 Å². The smallest absolute Gasteiger partial charge is 0.209 e. The highest BCUT2D eigenvalue weighted by molar-refractivity contribution is 7.98. The fourth-order valence-electron chi connectivity index (χ4n) is 2.13. The molecule has 1 N–H and O–H groups in total. The molecule has 0 aliphatic carbocycles. The minimum atomic E-state index is 0.490. The van der Waals surface area contributed by atoms with Gasteiger partial charge in [-0.3, -0.25) is 4.79 Å². The standard InChI is InChI=1S/C15H22OS2.C5H11NO/c1-4-7-12-8-13(10-17-5-2)15(16)14(9-12)11-18-6-3;1-3-6(4-2)5-7/h4,8-9,16H,1,5-7,10-11H2,2-3H3;5H,3-4H2,1-2H3. The van der Waals surface area contributed by atoms with E-state index in [4.69, 9.17) is 0 Å². The molecule has 25 heavy (non-hydrogen) atoms. The molecule has 1 rings (SSSR count). The van der Waals surface area contributed by atoms with Gasteiger partial charge in [-0.15, -0.1) is 6.58 Å². The Morgan fingerprint density at radius 1 is 1.04 bits per heavy atom. The van der Waals surface area contributed by atoms with E-state index in [1.54, 1.807) is 4.90 Å². The van der Waals surface area contributed by atoms with Crippen molar-refractivity contribution in [2.75, 3.05) is 24.6 Å². The lowest BCUT2D eigenvalue weighted by Gasteiger charge is -2.12. The predicted octanol–water partition coefficient (Wildman–Crippen LogP) is 5.11. The summed E-state index contributed by atoms with van der Waals surface area (Å²) in [5.74, 6) is 4.41. The molecule has 1 amide bonds. The molecule has 1 aromatic carbocycles. The third kappa shape index (κ3) is 9.85. The molecule has 0 aliphatic rings. The highest BCUT2D eigenvalue weighted by atomic mass is 32.2. The van der Waals surface area contributed by atoms with Gasteiger partial charge in [0.25, 0.3) is 0 Å². The van der Waals surface area contributed by atoms with Crippen LogP contribution in [0.2, 0.25) is 0 Å². The number of nitrogens with zero attached hydrogens (tertiary/aromatic N) is 1. The van der Waals surface area contributed by atoms with Crippen molar-refractivity contribution in [1.82, 2.24) is 4.90 Å². The second kappa shape index (κ2) is 15.2. The third-order valence-corrected chi connectivity index (χ3v) is 5.44. The molecule has 0 unspecified atom stereocenters. The number of rotatable bonds is 11. The first-order valence-electron chi connectivity index (χ1n) is 8.86. The van der Waals surface area contributed by atoms with E-state index in [-0.39, 0.29) is 0 Å². The number of aromatic hydroxyl groups is 1. The Morgan fingerprint density at radius 3 is 1.80 bits per heavy atom. The molecule has 5 heteroatoms. The van der Waals surface area contributed by atoms with Crippen molar-refractivity contribution in [3.8, 4) is 5.75 Å². The molecule has 0 saturated carbocycles. The molecular formula is C20H33NO2S2. The lowest BCUT2D eigenvalue weighted by atomic mass is 10.0. The van der Waals surface area contributed by atoms with Gasteiger partial charge in [0, 0.05) is 35.7 Å². The van der Waals surface area contributed by atoms with Gasteiger partial charge in [0.15, 0.2) is 0 Å². The van der Waals surface area contributed by atoms with Crippen molar-refractivity contribution in [3.05, 3.63) is 41.5 Å². The summed E-state index contributed by atoms with van der Waals surface area (Å²) in [6, 6.07) is 4.22. The minimum Gasteiger partial charge on any atom is -0.507 e. The Bertz CT molecular complexity index is 473. The second-order valence-corrected chi connectivity index (χ2v) is 7.90. The summed E-state index contributed by atoms with van der Waals surface area (Å²) in [5.41, 5.74) is 3.38. The van der Waals surface area contributed by atoms with Crippen LogP contribution in [0.3, 0.4) is 0 Å². The van der Waals surface area contributed by atoms with Crippen LogP contribution in [-0.4, -0.2) is 41.0 Å². The van der Waals surface area contributed by atoms with Crippen molar-refractivity contribution >= 4 is 29.9 Å². The van der Waals surface area contributed by atoms with Crippen LogP contribution in [0.25, 0.3) is 0 Å². The molecule has 1 aromatic rings. The van der Waals surface area contributed by atoms with Crippen LogP contribution in [0.4, 0.5) is 0 Å². The van der Waals surface area contributed by atoms with Crippen molar-refractivity contribution in [2.45, 2.75) is 45.6 Å². The van der Waals surface area contributed by atoms with Gasteiger partial charge in [0.05, 0.1) is 0 Å². The number of allylic oxidation sites excluding steroid dienone is 1. The topological polar surface area (TPSA) is 40.5 Å². The summed E-state index contributed by atoms with van der Waals surface area (Å²) in [4.78, 5) is 11.6. The van der Waals surface area contributed by atoms with Crippen LogP contribution in [0.1, 0.15) is 44.4 Å². The molecular weight excluding hydrogens is 350 g/mol. The van der Waals surface area contributed by atoms with E-state index in [1.165, 1.54) is 5.56 Å². The van der Waals surface area contributed by atoms with Crippen LogP contribution < -0.4 is 0 Å². The molecule has 0 atom stereocenters. The third-order valence-electron chi connectivity index (χ3n) is 3.59. The van der Waals surface area contributed by atoms with Crippen LogP contribution >= 0.6 is 23.5 Å². The SMILES string of the molecule is C=CCc1cc(CSCC)c(O)c(CSCC)c1.CCN(C=O)CC. The Hall–Kier alpha value is -1.07. The first-order valence-corrected chi connectivity index (χ1v) is 11.2. The van der Waals surface area contributed by atoms with E-state index in [0.29, 0.717) is 5.75 Å². The van der Waals surface area contributed by atoms with Crippen LogP contribution in [0.5, 0.6) is 5.75 Å². The van der Waals surface area contributed by atoms with Crippen molar-refractivity contribution in [2.24, 2.45) is 0 Å². The summed E-state index contributed by atoms with van der Waals surface area (Å²) in [6.07, 6.45) is 3.65. The zero-order valence-corrected chi connectivity index (χ0v) is 17.7. The molecule has 0 saturated heterocycles. The Kier molecular flexibility index (Phi) is 14.6. The number of hydrogen-bond donors (Lipinski definition) is 1. The van der Waals surface area contributed by atoms with Crippen LogP contribution in [-0.2, 0) is 22.7 Å². The van der Waals surface area contributed by atoms with Crippen LogP contribution in [0, 0.1) is 0 Å². The number of phenolic OH excluding ortho intramolecular Hbond substituents is 1. The van der Waals surface area contributed by atoms with Crippen molar-refractivity contribution in [3.63, 3.8) is 0 Å². The van der Waals surface area contributed by atoms with E-state index < -0.39 is 0 Å². The molecule has 0 spiro atoms. The fraction of sp³-hybridized carbons (Fsp3) is 0.550. The normalized spacial score (nSPS) is 9.92. The van der Waals surface area contributed by atoms with Gasteiger partial charge in [-0.1, -0.05) is 32.1 Å². The summed E-state index contributed by atoms with van der Waals surface area (Å²) >= 11 is 3.68. The number of benzene rings is 1. The van der Waals surface area contributed by atoms with Gasteiger partial charge < -0.3 is 10.0 Å². The molecule has 0 aromatic heterocycles. The van der Waals surface area contributed by atoms with E-state index >= 15 is 0 Å². The lowest BCUT2D eigenvalue weighted by Crippen LogP contribution is -2.19. The Balaban J connectivity index is 0.000000697. The fourth-order valence-corrected chi connectivity index (χ4v) is 3.42. The maximum Gasteiger partial charge on any atom is 0.209 e. The molecule has 3 nitrogen and oxygen atoms in total. The quantitative estimate of drug-likeness (QED) is 0.426. The molecule has 0 heterocycles. The number of thioether (sulfide) groups is 2. The molecule has 0 bridgehead atoms. The van der Waals surface area contributed by atoms with E-state index in [1.807, 2.05) is 43.4 Å². The average molecular weight is 384 g/mol. The second-order valence-electron chi connectivity index (χ2n) is 5.36. The van der Waals surface area contributed by atoms with Crippen molar-refractivity contribution < 1.29 is 9.90 Å². The van der Waals surface area contributed by atoms with E-state index in [2.05, 4.69) is 32.6 Å². The number of carbonyl (C=O) groups is 1. The van der Waals surface area contributed by atoms with Gasteiger partial charge >= 0.3 is 0 Å². The lowest BCUT2D eigenvalue weighted by molar-refractivity contribution is -0.117. The maximum absolute atomic E-state index is 10.3. The molecule has 0 radical (unpaired) electrons. The maximum atomic E-state index is 10.3. The number of carbonyl (C=O) groups excluding carboxylic acids is 1. The van der Waals surface area contributed by atoms with Gasteiger partial charge in [0.1, 0.15) is 5.75 Å². The summed E-state index contributed by atoms with van der Waals surface area (Å²) < 4.78 is 0. The first kappa shape index (κ1) is 23.9. The summed E-state index contributed by atoms with van der Waals surface area (Å²) in [6.45, 7) is 13.6. The Morgan fingerprint density at radius 2 is 1.52 bits per heavy atom. The predicted molar refractivity (Wildman–Crippen MR) is 115 cm³/mol. The number of phenols is 1. The highest BCUT2D eigenvalue weighted by Crippen LogP contribution is 2.31. The largest absolute Gasteiger partial charge is 0.507 e. The average Bonchev–Trinajstić information content (AvgIpc) is 2.63. The molecule has 0 aliphatic heterocycles. The van der Waals surface area contributed by atoms with Gasteiger partial charge in [-0.05, 0) is 37.3 Å². The zero-order chi connectivity index (χ0) is 19.1. The van der Waals surface area contributed by atoms with Gasteiger partial charge in [-0.25, -0.2) is 0 Å². The number of amides is 1. The van der Waals surface area contributed by atoms with Gasteiger partial charge in [0.2, 0.25) is 6.41 Å². The van der Waals surface area contributed by atoms with E-state index in [9.17, 15) is 9.90 Å². The first-order chi connectivity index (χ1) is 12.1. The number of hydrogen-bond acceptors (Lipinski definition) is 4. The van der Waals surface area contributed by atoms with E-state index in [0.717, 1.165) is 60.1 Å². The molecule has 142 valence electrons. The Labute approximate surface area is 162 Å². The molecule has 0 fully saturated rings. The highest BCUT2D eigenvalue weighted by Gasteiger charge is 2.09. The summed E-state index contributed by atoms with van der Waals surface area (Å²) in [5, 5.41) is 10.3. The summed E-state index contributed by atoms with van der Waals surface area (Å²) in [7, 11) is 0. The monoisotopic (exact) mass is 383 g/mol. The van der Waals surface area contributed by atoms with Gasteiger partial charge in [-0.2, -0.15) is 23.5 Å². The minimum absolute atomic E-state index is 0.490.